The molecule has 3 heterocycles. The summed E-state index contributed by atoms with van der Waals surface area (Å²) in [5.74, 6) is -0.165. The molecule has 0 amide bonds. The Hall–Kier alpha value is -3.35. The number of carboxylic acids is 1. The number of likely N-dealkylation sites (tertiary alicyclic amines) is 1. The smallest absolute Gasteiger partial charge is 0.337 e. The van der Waals surface area contributed by atoms with Gasteiger partial charge in [-0.2, -0.15) is 0 Å². The van der Waals surface area contributed by atoms with Crippen LogP contribution in [0.3, 0.4) is 0 Å². The average molecular weight is 493 g/mol. The molecule has 35 heavy (non-hydrogen) atoms. The summed E-state index contributed by atoms with van der Waals surface area (Å²) in [5, 5.41) is 16.8. The summed E-state index contributed by atoms with van der Waals surface area (Å²) >= 11 is 1.29. The van der Waals surface area contributed by atoms with Crippen molar-refractivity contribution in [1.82, 2.24) is 9.88 Å². The second-order valence-electron chi connectivity index (χ2n) is 8.50. The number of piperidine rings is 1. The van der Waals surface area contributed by atoms with Crippen LogP contribution in [0.5, 0.6) is 5.75 Å². The maximum absolute atomic E-state index is 11.1. The Kier molecular flexibility index (Phi) is 7.73. The van der Waals surface area contributed by atoms with Crippen molar-refractivity contribution in [2.24, 2.45) is 10.1 Å². The second kappa shape index (κ2) is 10.9. The van der Waals surface area contributed by atoms with Crippen LogP contribution in [0.4, 0.5) is 0 Å². The molecule has 9 heteroatoms. The van der Waals surface area contributed by atoms with E-state index >= 15 is 0 Å². The number of aliphatic imine (C=N–C) groups is 1. The fourth-order valence-electron chi connectivity index (χ4n) is 4.42. The molecule has 182 valence electrons. The summed E-state index contributed by atoms with van der Waals surface area (Å²) in [6, 6.07) is 9.29. The van der Waals surface area contributed by atoms with Crippen molar-refractivity contribution in [3.8, 4) is 17.4 Å². The highest BCUT2D eigenvalue weighted by Crippen LogP contribution is 2.36. The lowest BCUT2D eigenvalue weighted by atomic mass is 9.86. The number of pyridine rings is 1. The summed E-state index contributed by atoms with van der Waals surface area (Å²) < 4.78 is 5.74. The van der Waals surface area contributed by atoms with Gasteiger partial charge in [-0.1, -0.05) is 5.16 Å². The van der Waals surface area contributed by atoms with Gasteiger partial charge >= 0.3 is 5.97 Å². The summed E-state index contributed by atoms with van der Waals surface area (Å²) in [6.07, 6.45) is 9.22. The van der Waals surface area contributed by atoms with Crippen LogP contribution in [0.25, 0.3) is 0 Å². The van der Waals surface area contributed by atoms with Gasteiger partial charge < -0.3 is 14.7 Å². The van der Waals surface area contributed by atoms with Gasteiger partial charge in [-0.3, -0.25) is 14.9 Å². The van der Waals surface area contributed by atoms with E-state index in [0.29, 0.717) is 18.7 Å². The third-order valence-electron chi connectivity index (χ3n) is 6.28. The summed E-state index contributed by atoms with van der Waals surface area (Å²) in [7, 11) is 1.75. The van der Waals surface area contributed by atoms with E-state index in [1.807, 2.05) is 19.1 Å². The molecule has 2 aromatic rings. The Bertz CT molecular complexity index is 1180. The van der Waals surface area contributed by atoms with E-state index < -0.39 is 5.97 Å². The molecule has 4 rings (SSSR count). The number of hydrogen-bond donors (Lipinski definition) is 1. The first-order chi connectivity index (χ1) is 17.0. The molecule has 2 aliphatic heterocycles. The summed E-state index contributed by atoms with van der Waals surface area (Å²) in [4.78, 5) is 28.1. The van der Waals surface area contributed by atoms with Crippen molar-refractivity contribution in [1.29, 1.82) is 0 Å². The molecule has 1 aromatic heterocycles. The van der Waals surface area contributed by atoms with Crippen molar-refractivity contribution in [3.63, 3.8) is 0 Å². The zero-order chi connectivity index (χ0) is 24.8. The molecule has 0 aliphatic carbocycles. The third-order valence-corrected chi connectivity index (χ3v) is 7.00. The van der Waals surface area contributed by atoms with Crippen molar-refractivity contribution >= 4 is 28.5 Å². The molecule has 1 N–H and O–H groups in total. The van der Waals surface area contributed by atoms with Crippen LogP contribution in [0.15, 0.2) is 46.7 Å². The SMILES string of the molecule is C#CSC(=NC)c1ccc(OCC)cc1CN1CCC2(CC1)CC(c1ccc(C(=O)O)cn1)=NO2. The topological polar surface area (TPSA) is 96.6 Å². The molecule has 8 nitrogen and oxygen atoms in total. The largest absolute Gasteiger partial charge is 0.494 e. The molecule has 1 aromatic carbocycles. The minimum absolute atomic E-state index is 0.154. The van der Waals surface area contributed by atoms with E-state index in [9.17, 15) is 4.79 Å². The predicted octanol–water partition coefficient (Wildman–Crippen LogP) is 4.04. The first-order valence-corrected chi connectivity index (χ1v) is 12.3. The molecule has 1 fully saturated rings. The van der Waals surface area contributed by atoms with Gasteiger partial charge in [0.05, 0.1) is 17.9 Å². The number of thioether (sulfide) groups is 1. The van der Waals surface area contributed by atoms with Crippen molar-refractivity contribution in [2.75, 3.05) is 26.7 Å². The zero-order valence-electron chi connectivity index (χ0n) is 19.9. The van der Waals surface area contributed by atoms with Crippen LogP contribution < -0.4 is 4.74 Å². The van der Waals surface area contributed by atoms with Gasteiger partial charge in [0.15, 0.2) is 0 Å². The van der Waals surface area contributed by atoms with Crippen LogP contribution in [-0.2, 0) is 11.4 Å². The standard InChI is InChI=1S/C26H28N4O4S/c1-4-33-20-7-8-21(24(27-3)35-5-2)19(14-20)17-30-12-10-26(11-13-30)15-23(29-34-26)22-9-6-18(16-28-22)25(31)32/h2,6-9,14,16H,4,10-13,15,17H2,1,3H3,(H,31,32). The highest BCUT2D eigenvalue weighted by atomic mass is 32.2. The fourth-order valence-corrected chi connectivity index (χ4v) is 4.93. The Labute approximate surface area is 209 Å². The lowest BCUT2D eigenvalue weighted by molar-refractivity contribution is -0.0627. The Morgan fingerprint density at radius 1 is 1.34 bits per heavy atom. The van der Waals surface area contributed by atoms with Gasteiger partial charge in [-0.05, 0) is 59.8 Å². The minimum Gasteiger partial charge on any atom is -0.494 e. The van der Waals surface area contributed by atoms with Crippen molar-refractivity contribution in [2.45, 2.75) is 38.3 Å². The van der Waals surface area contributed by atoms with Gasteiger partial charge in [-0.25, -0.2) is 4.79 Å². The molecule has 0 radical (unpaired) electrons. The van der Waals surface area contributed by atoms with Gasteiger partial charge in [0.25, 0.3) is 0 Å². The van der Waals surface area contributed by atoms with E-state index in [4.69, 9.17) is 21.1 Å². The van der Waals surface area contributed by atoms with Crippen molar-refractivity contribution in [3.05, 3.63) is 58.9 Å². The molecule has 0 unspecified atom stereocenters. The van der Waals surface area contributed by atoms with E-state index in [0.717, 1.165) is 60.1 Å². The quantitative estimate of drug-likeness (QED) is 0.354. The number of terminal acetylenes is 1. The average Bonchev–Trinajstić information content (AvgIpc) is 3.28. The lowest BCUT2D eigenvalue weighted by Gasteiger charge is -2.37. The molecule has 1 spiro atoms. The molecule has 0 bridgehead atoms. The molecular formula is C26H28N4O4S. The number of aromatic nitrogens is 1. The number of hydrogen-bond acceptors (Lipinski definition) is 8. The highest BCUT2D eigenvalue weighted by Gasteiger charge is 2.42. The molecular weight excluding hydrogens is 464 g/mol. The van der Waals surface area contributed by atoms with E-state index in [2.05, 4.69) is 31.4 Å². The number of carbonyl (C=O) groups is 1. The van der Waals surface area contributed by atoms with Crippen LogP contribution in [-0.4, -0.2) is 64.1 Å². The zero-order valence-corrected chi connectivity index (χ0v) is 20.7. The second-order valence-corrected chi connectivity index (χ2v) is 9.33. The normalized spacial score (nSPS) is 17.5. The lowest BCUT2D eigenvalue weighted by Crippen LogP contribution is -2.44. The van der Waals surface area contributed by atoms with Gasteiger partial charge in [0, 0.05) is 57.7 Å². The van der Waals surface area contributed by atoms with Crippen LogP contribution >= 0.6 is 11.8 Å². The number of ether oxygens (including phenoxy) is 1. The first kappa shape index (κ1) is 24.8. The maximum Gasteiger partial charge on any atom is 0.337 e. The van der Waals surface area contributed by atoms with Crippen LogP contribution in [0, 0.1) is 11.7 Å². The Morgan fingerprint density at radius 2 is 2.14 bits per heavy atom. The van der Waals surface area contributed by atoms with E-state index in [1.165, 1.54) is 18.0 Å². The Balaban J connectivity index is 1.42. The number of carboxylic acid groups (broad SMARTS) is 1. The minimum atomic E-state index is -0.998. The van der Waals surface area contributed by atoms with Gasteiger partial charge in [0.1, 0.15) is 22.1 Å². The Morgan fingerprint density at radius 3 is 2.77 bits per heavy atom. The number of oxime groups is 1. The summed E-state index contributed by atoms with van der Waals surface area (Å²) in [5.41, 5.74) is 3.38. The number of benzene rings is 1. The van der Waals surface area contributed by atoms with E-state index in [1.54, 1.807) is 19.2 Å². The van der Waals surface area contributed by atoms with Gasteiger partial charge in [0.2, 0.25) is 0 Å². The summed E-state index contributed by atoms with van der Waals surface area (Å²) in [6.45, 7) is 5.04. The van der Waals surface area contributed by atoms with Crippen LogP contribution in [0.1, 0.15) is 53.4 Å². The number of nitrogens with zero attached hydrogens (tertiary/aromatic N) is 4. The predicted molar refractivity (Wildman–Crippen MR) is 137 cm³/mol. The first-order valence-electron chi connectivity index (χ1n) is 11.5. The van der Waals surface area contributed by atoms with Gasteiger partial charge in [-0.15, -0.1) is 6.42 Å². The fraction of sp³-hybridized carbons (Fsp3) is 0.385. The third kappa shape index (κ3) is 5.66. The van der Waals surface area contributed by atoms with Crippen molar-refractivity contribution < 1.29 is 19.5 Å². The van der Waals surface area contributed by atoms with E-state index in [-0.39, 0.29) is 11.2 Å². The molecule has 1 saturated heterocycles. The monoisotopic (exact) mass is 492 g/mol. The number of rotatable bonds is 7. The maximum atomic E-state index is 11.1. The number of aromatic carboxylic acids is 1. The molecule has 2 aliphatic rings. The highest BCUT2D eigenvalue weighted by molar-refractivity contribution is 8.18. The van der Waals surface area contributed by atoms with Crippen LogP contribution in [0.2, 0.25) is 0 Å². The molecule has 0 saturated carbocycles. The molecule has 0 atom stereocenters.